The standard InChI is InChI=1S/C29H26Cl2N8O4/c1-4-22(40)35-19-12-17(38-7-9-43-10-8-38)15-33-26(19)36-29-34-14-16-11-18(28-32-5-6-39(28)27(16)37-29)23-24(30)20(41-2)13-21(42-3)25(23)31/h4-6,11-15H,1,7-10H2,2-3H3,(H,35,40)(H,33,34,36,37). The Morgan fingerprint density at radius 2 is 1.77 bits per heavy atom. The number of hydrogen-bond donors (Lipinski definition) is 2. The maximum Gasteiger partial charge on any atom is 0.247 e. The lowest BCUT2D eigenvalue weighted by Crippen LogP contribution is -2.36. The number of ether oxygens (including phenoxy) is 3. The second-order valence-corrected chi connectivity index (χ2v) is 10.2. The number of nitrogens with zero attached hydrogens (tertiary/aromatic N) is 6. The normalized spacial score (nSPS) is 13.3. The molecule has 0 radical (unpaired) electrons. The number of imidazole rings is 1. The number of carbonyl (C=O) groups excluding carboxylic acids is 1. The third-order valence-electron chi connectivity index (χ3n) is 6.97. The number of nitrogens with one attached hydrogen (secondary N) is 2. The molecule has 0 spiro atoms. The van der Waals surface area contributed by atoms with Gasteiger partial charge in [0.2, 0.25) is 11.9 Å². The summed E-state index contributed by atoms with van der Waals surface area (Å²) in [6, 6.07) is 5.34. The Balaban J connectivity index is 1.42. The van der Waals surface area contributed by atoms with Gasteiger partial charge in [0, 0.05) is 54.3 Å². The van der Waals surface area contributed by atoms with E-state index in [-0.39, 0.29) is 11.9 Å². The first kappa shape index (κ1) is 28.5. The predicted molar refractivity (Wildman–Crippen MR) is 166 cm³/mol. The first-order chi connectivity index (χ1) is 20.9. The van der Waals surface area contributed by atoms with Crippen molar-refractivity contribution in [3.63, 3.8) is 0 Å². The average molecular weight is 621 g/mol. The first-order valence-corrected chi connectivity index (χ1v) is 13.9. The average Bonchev–Trinajstić information content (AvgIpc) is 3.53. The van der Waals surface area contributed by atoms with E-state index in [1.165, 1.54) is 20.3 Å². The maximum absolute atomic E-state index is 12.2. The number of pyridine rings is 2. The molecule has 1 aromatic carbocycles. The van der Waals surface area contributed by atoms with Crippen LogP contribution in [-0.2, 0) is 9.53 Å². The van der Waals surface area contributed by atoms with E-state index in [9.17, 15) is 4.79 Å². The molecule has 1 aliphatic rings. The first-order valence-electron chi connectivity index (χ1n) is 13.2. The zero-order valence-electron chi connectivity index (χ0n) is 23.2. The molecule has 2 N–H and O–H groups in total. The van der Waals surface area contributed by atoms with Gasteiger partial charge >= 0.3 is 0 Å². The van der Waals surface area contributed by atoms with Crippen molar-refractivity contribution >= 4 is 68.9 Å². The number of carbonyl (C=O) groups is 1. The van der Waals surface area contributed by atoms with E-state index in [1.807, 2.05) is 16.5 Å². The van der Waals surface area contributed by atoms with Crippen LogP contribution in [0.3, 0.4) is 0 Å². The molecule has 5 heterocycles. The Morgan fingerprint density at radius 1 is 1.02 bits per heavy atom. The van der Waals surface area contributed by atoms with E-state index >= 15 is 0 Å². The van der Waals surface area contributed by atoms with E-state index in [0.29, 0.717) is 74.1 Å². The highest BCUT2D eigenvalue weighted by Crippen LogP contribution is 2.47. The third kappa shape index (κ3) is 5.36. The number of rotatable bonds is 8. The Hall–Kier alpha value is -4.65. The van der Waals surface area contributed by atoms with Crippen LogP contribution in [0.5, 0.6) is 11.5 Å². The molecule has 0 bridgehead atoms. The van der Waals surface area contributed by atoms with Gasteiger partial charge in [-0.25, -0.2) is 15.0 Å². The van der Waals surface area contributed by atoms with Gasteiger partial charge in [-0.1, -0.05) is 29.8 Å². The molecule has 1 aliphatic heterocycles. The van der Waals surface area contributed by atoms with Crippen LogP contribution >= 0.6 is 23.2 Å². The molecule has 0 aliphatic carbocycles. The maximum atomic E-state index is 12.2. The van der Waals surface area contributed by atoms with Crippen LogP contribution in [-0.4, -0.2) is 70.8 Å². The van der Waals surface area contributed by atoms with Crippen LogP contribution < -0.4 is 25.0 Å². The minimum Gasteiger partial charge on any atom is -0.495 e. The van der Waals surface area contributed by atoms with Gasteiger partial charge in [-0.15, -0.1) is 0 Å². The summed E-state index contributed by atoms with van der Waals surface area (Å²) in [5.74, 6) is 1.07. The highest BCUT2D eigenvalue weighted by Gasteiger charge is 2.23. The van der Waals surface area contributed by atoms with Crippen LogP contribution in [0.15, 0.2) is 55.6 Å². The fraction of sp³-hybridized carbons (Fsp3) is 0.207. The van der Waals surface area contributed by atoms with Crippen LogP contribution in [0.4, 0.5) is 23.1 Å². The van der Waals surface area contributed by atoms with E-state index in [0.717, 1.165) is 18.8 Å². The molecular formula is C29H26Cl2N8O4. The Labute approximate surface area is 256 Å². The zero-order chi connectivity index (χ0) is 30.1. The van der Waals surface area contributed by atoms with Gasteiger partial charge in [-0.2, -0.15) is 4.98 Å². The molecule has 0 saturated carbocycles. The summed E-state index contributed by atoms with van der Waals surface area (Å²) < 4.78 is 18.2. The summed E-state index contributed by atoms with van der Waals surface area (Å²) in [4.78, 5) is 32.8. The van der Waals surface area contributed by atoms with Crippen molar-refractivity contribution in [1.29, 1.82) is 0 Å². The molecule has 1 fully saturated rings. The fourth-order valence-electron chi connectivity index (χ4n) is 4.87. The second kappa shape index (κ2) is 11.9. The van der Waals surface area contributed by atoms with Gasteiger partial charge < -0.3 is 29.7 Å². The van der Waals surface area contributed by atoms with Gasteiger partial charge in [-0.05, 0) is 18.2 Å². The number of morpholine rings is 1. The number of benzene rings is 1. The van der Waals surface area contributed by atoms with Crippen molar-refractivity contribution in [1.82, 2.24) is 24.3 Å². The highest BCUT2D eigenvalue weighted by atomic mass is 35.5. The predicted octanol–water partition coefficient (Wildman–Crippen LogP) is 5.37. The van der Waals surface area contributed by atoms with E-state index in [1.54, 1.807) is 30.9 Å². The monoisotopic (exact) mass is 620 g/mol. The van der Waals surface area contributed by atoms with Gasteiger partial charge in [0.05, 0.1) is 55.1 Å². The molecular weight excluding hydrogens is 595 g/mol. The SMILES string of the molecule is C=CC(=O)Nc1cc(N2CCOCC2)cnc1Nc1ncc2cc(-c3c(Cl)c(OC)cc(OC)c3Cl)c3nccn3c2n1. The molecule has 1 amide bonds. The minimum atomic E-state index is -0.373. The zero-order valence-corrected chi connectivity index (χ0v) is 24.7. The smallest absolute Gasteiger partial charge is 0.247 e. The van der Waals surface area contributed by atoms with Gasteiger partial charge in [0.25, 0.3) is 0 Å². The number of fused-ring (bicyclic) bond motifs is 3. The number of hydrogen-bond acceptors (Lipinski definition) is 10. The van der Waals surface area contributed by atoms with Crippen LogP contribution in [0.2, 0.25) is 10.0 Å². The van der Waals surface area contributed by atoms with Gasteiger partial charge in [0.1, 0.15) is 17.1 Å². The summed E-state index contributed by atoms with van der Waals surface area (Å²) in [6.45, 7) is 6.24. The molecule has 12 nitrogen and oxygen atoms in total. The van der Waals surface area contributed by atoms with Crippen molar-refractivity contribution < 1.29 is 19.0 Å². The van der Waals surface area contributed by atoms with Crippen LogP contribution in [0.1, 0.15) is 0 Å². The minimum absolute atomic E-state index is 0.259. The molecule has 220 valence electrons. The number of aromatic nitrogens is 5. The number of amides is 1. The van der Waals surface area contributed by atoms with Crippen molar-refractivity contribution in [3.05, 3.63) is 65.7 Å². The van der Waals surface area contributed by atoms with Gasteiger partial charge in [-0.3, -0.25) is 9.20 Å². The van der Waals surface area contributed by atoms with E-state index in [4.69, 9.17) is 42.4 Å². The van der Waals surface area contributed by atoms with Crippen LogP contribution in [0.25, 0.3) is 27.8 Å². The molecule has 5 aromatic rings. The molecule has 4 aromatic heterocycles. The lowest BCUT2D eigenvalue weighted by molar-refractivity contribution is -0.111. The van der Waals surface area contributed by atoms with E-state index in [2.05, 4.69) is 37.1 Å². The van der Waals surface area contributed by atoms with Crippen LogP contribution in [0, 0.1) is 0 Å². The topological polar surface area (TPSA) is 128 Å². The molecule has 0 unspecified atom stereocenters. The number of methoxy groups -OCH3 is 2. The Morgan fingerprint density at radius 3 is 2.47 bits per heavy atom. The Bertz CT molecular complexity index is 1850. The third-order valence-corrected chi connectivity index (χ3v) is 7.72. The van der Waals surface area contributed by atoms with Gasteiger partial charge in [0.15, 0.2) is 11.5 Å². The summed E-state index contributed by atoms with van der Waals surface area (Å²) >= 11 is 13.5. The van der Waals surface area contributed by atoms with Crippen molar-refractivity contribution in [2.45, 2.75) is 0 Å². The summed E-state index contributed by atoms with van der Waals surface area (Å²) in [5, 5.41) is 7.29. The highest BCUT2D eigenvalue weighted by molar-refractivity contribution is 6.41. The number of halogens is 2. The lowest BCUT2D eigenvalue weighted by Gasteiger charge is -2.29. The molecule has 6 rings (SSSR count). The summed E-state index contributed by atoms with van der Waals surface area (Å²) in [7, 11) is 3.04. The Kier molecular flexibility index (Phi) is 7.89. The summed E-state index contributed by atoms with van der Waals surface area (Å²) in [5.41, 5.74) is 3.58. The molecule has 1 saturated heterocycles. The van der Waals surface area contributed by atoms with Crippen molar-refractivity contribution in [2.24, 2.45) is 0 Å². The molecule has 14 heteroatoms. The fourth-order valence-corrected chi connectivity index (χ4v) is 5.57. The molecule has 43 heavy (non-hydrogen) atoms. The lowest BCUT2D eigenvalue weighted by atomic mass is 10.0. The molecule has 0 atom stereocenters. The van der Waals surface area contributed by atoms with Crippen molar-refractivity contribution in [3.8, 4) is 22.6 Å². The summed E-state index contributed by atoms with van der Waals surface area (Å²) in [6.07, 6.45) is 8.02. The largest absolute Gasteiger partial charge is 0.495 e. The van der Waals surface area contributed by atoms with E-state index < -0.39 is 0 Å². The quantitative estimate of drug-likeness (QED) is 0.218. The number of anilines is 4. The van der Waals surface area contributed by atoms with Crippen molar-refractivity contribution in [2.75, 3.05) is 56.1 Å². The second-order valence-electron chi connectivity index (χ2n) is 9.44.